The van der Waals surface area contributed by atoms with Crippen molar-refractivity contribution in [2.24, 2.45) is 0 Å². The highest BCUT2D eigenvalue weighted by Crippen LogP contribution is 2.54. The molecule has 1 aromatic carbocycles. The molecule has 1 aliphatic carbocycles. The van der Waals surface area contributed by atoms with Crippen LogP contribution in [-0.2, 0) is 26.2 Å². The van der Waals surface area contributed by atoms with Gasteiger partial charge in [0.25, 0.3) is 0 Å². The van der Waals surface area contributed by atoms with Gasteiger partial charge in [0.1, 0.15) is 30.0 Å². The minimum absolute atomic E-state index is 0.0415. The number of benzene rings is 1. The Morgan fingerprint density at radius 1 is 1.15 bits per heavy atom. The highest BCUT2D eigenvalue weighted by atomic mass is 35.5. The third-order valence-corrected chi connectivity index (χ3v) is 8.52. The summed E-state index contributed by atoms with van der Waals surface area (Å²) in [5.74, 6) is -2.35. The van der Waals surface area contributed by atoms with Crippen molar-refractivity contribution in [2.75, 3.05) is 20.3 Å². The molecule has 3 saturated heterocycles. The molecule has 5 heterocycles. The highest BCUT2D eigenvalue weighted by molar-refractivity contribution is 6.30. The number of aromatic nitrogens is 6. The Labute approximate surface area is 227 Å². The second-order valence-corrected chi connectivity index (χ2v) is 11.3. The van der Waals surface area contributed by atoms with Gasteiger partial charge < -0.3 is 24.4 Å². The van der Waals surface area contributed by atoms with Crippen molar-refractivity contribution in [1.29, 1.82) is 0 Å². The van der Waals surface area contributed by atoms with Gasteiger partial charge in [-0.1, -0.05) is 22.0 Å². The van der Waals surface area contributed by atoms with Crippen molar-refractivity contribution in [2.45, 2.75) is 74.2 Å². The molecule has 7 rings (SSSR count). The molecular formula is C25H29ClF2N6O5. The van der Waals surface area contributed by atoms with E-state index >= 15 is 0 Å². The third-order valence-electron chi connectivity index (χ3n) is 8.22. The lowest BCUT2D eigenvalue weighted by molar-refractivity contribution is -0.212. The maximum atomic E-state index is 14.5. The lowest BCUT2D eigenvalue weighted by Crippen LogP contribution is -2.62. The first-order valence-electron chi connectivity index (χ1n) is 12.8. The first-order chi connectivity index (χ1) is 18.7. The number of aliphatic hydroxyl groups excluding tert-OH is 2. The molecule has 2 N–H and O–H groups in total. The summed E-state index contributed by atoms with van der Waals surface area (Å²) in [5.41, 5.74) is 0.352. The van der Waals surface area contributed by atoms with E-state index in [1.54, 1.807) is 0 Å². The normalized spacial score (nSPS) is 34.2. The van der Waals surface area contributed by atoms with Gasteiger partial charge in [-0.05, 0) is 25.5 Å². The number of methoxy groups -OCH3 is 1. The van der Waals surface area contributed by atoms with Gasteiger partial charge >= 0.3 is 0 Å². The topological polar surface area (TPSA) is 130 Å². The fourth-order valence-electron chi connectivity index (χ4n) is 6.41. The van der Waals surface area contributed by atoms with Crippen molar-refractivity contribution in [3.63, 3.8) is 0 Å². The first-order valence-corrected chi connectivity index (χ1v) is 13.1. The number of rotatable bonds is 7. The minimum atomic E-state index is -1.23. The molecule has 5 atom stereocenters. The smallest absolute Gasteiger partial charge is 0.178 e. The lowest BCUT2D eigenvalue weighted by Gasteiger charge is -2.58. The second-order valence-electron chi connectivity index (χ2n) is 10.9. The Balaban J connectivity index is 1.26. The zero-order valence-corrected chi connectivity index (χ0v) is 22.1. The average molecular weight is 567 g/mol. The molecule has 3 aromatic rings. The summed E-state index contributed by atoms with van der Waals surface area (Å²) in [6.45, 7) is 2.32. The van der Waals surface area contributed by atoms with Crippen LogP contribution < -0.4 is 0 Å². The number of ether oxygens (including phenoxy) is 3. The number of nitrogens with zero attached hydrogens (tertiary/aromatic N) is 6. The van der Waals surface area contributed by atoms with Crippen LogP contribution in [0.1, 0.15) is 37.9 Å². The van der Waals surface area contributed by atoms with Crippen molar-refractivity contribution < 1.29 is 33.2 Å². The number of halogens is 3. The molecule has 2 bridgehead atoms. The molecule has 210 valence electrons. The summed E-state index contributed by atoms with van der Waals surface area (Å²) in [5, 5.41) is 37.5. The number of hydrogen-bond donors (Lipinski definition) is 2. The fraction of sp³-hybridized carbons (Fsp3) is 0.600. The molecule has 0 radical (unpaired) electrons. The van der Waals surface area contributed by atoms with E-state index in [4.69, 9.17) is 25.8 Å². The molecule has 14 heteroatoms. The van der Waals surface area contributed by atoms with Crippen LogP contribution in [0.2, 0.25) is 5.02 Å². The predicted octanol–water partition coefficient (Wildman–Crippen LogP) is 2.06. The maximum absolute atomic E-state index is 14.5. The number of aliphatic hydroxyl groups is 2. The molecule has 0 amide bonds. The van der Waals surface area contributed by atoms with Crippen molar-refractivity contribution in [1.82, 2.24) is 30.0 Å². The molecular weight excluding hydrogens is 538 g/mol. The average Bonchev–Trinajstić information content (AvgIpc) is 3.58. The molecule has 4 fully saturated rings. The van der Waals surface area contributed by atoms with E-state index in [1.807, 2.05) is 10.9 Å². The molecule has 0 spiro atoms. The molecule has 39 heavy (non-hydrogen) atoms. The van der Waals surface area contributed by atoms with Gasteiger partial charge in [0.2, 0.25) is 0 Å². The summed E-state index contributed by atoms with van der Waals surface area (Å²) in [7, 11) is 1.47. The van der Waals surface area contributed by atoms with Crippen LogP contribution in [0.3, 0.4) is 0 Å². The Morgan fingerprint density at radius 3 is 2.67 bits per heavy atom. The van der Waals surface area contributed by atoms with Crippen molar-refractivity contribution in [3.8, 4) is 11.3 Å². The standard InChI is InChI=1S/C25H29ClF2N6O5/c1-24-11-25(12-24,5-6-38-24)34-8-13(29-32-34)7-17-23(37-2)21(22(36)18(10-35)39-17)33-9-16(30-31-33)14-3-4-15(26)20(28)19(14)27/h3-4,8-9,17-18,21-23,35-36H,5-7,10-12H2,1-2H3/t17-,18-,21+,22+,23+,24?,25?/m1/s1. The molecule has 4 aliphatic rings. The maximum Gasteiger partial charge on any atom is 0.178 e. The van der Waals surface area contributed by atoms with Crippen LogP contribution in [0.15, 0.2) is 24.5 Å². The highest BCUT2D eigenvalue weighted by Gasteiger charge is 2.58. The van der Waals surface area contributed by atoms with Gasteiger partial charge in [-0.15, -0.1) is 10.2 Å². The minimum Gasteiger partial charge on any atom is -0.394 e. The van der Waals surface area contributed by atoms with Crippen LogP contribution in [0.4, 0.5) is 8.78 Å². The van der Waals surface area contributed by atoms with E-state index in [-0.39, 0.29) is 27.4 Å². The summed E-state index contributed by atoms with van der Waals surface area (Å²) < 4.78 is 49.5. The van der Waals surface area contributed by atoms with Crippen molar-refractivity contribution in [3.05, 3.63) is 46.9 Å². The SMILES string of the molecule is CO[C@@H]1[C@@H](n2cc(-c3ccc(Cl)c(F)c3F)nn2)[C@@H](O)[C@@H](CO)O[C@@H]1Cc1cn(C23CCOC(C)(C2)C3)nn1. The fourth-order valence-corrected chi connectivity index (χ4v) is 6.56. The summed E-state index contributed by atoms with van der Waals surface area (Å²) in [6.07, 6.45) is 2.61. The Kier molecular flexibility index (Phi) is 6.71. The zero-order valence-electron chi connectivity index (χ0n) is 21.4. The zero-order chi connectivity index (χ0) is 27.5. The van der Waals surface area contributed by atoms with Crippen LogP contribution in [0.5, 0.6) is 0 Å². The molecule has 2 aromatic heterocycles. The Morgan fingerprint density at radius 2 is 1.95 bits per heavy atom. The van der Waals surface area contributed by atoms with Gasteiger partial charge in [0.05, 0.1) is 40.8 Å². The van der Waals surface area contributed by atoms with Crippen LogP contribution >= 0.6 is 11.6 Å². The molecule has 1 saturated carbocycles. The van der Waals surface area contributed by atoms with E-state index in [2.05, 4.69) is 27.5 Å². The van der Waals surface area contributed by atoms with Crippen LogP contribution in [-0.4, -0.2) is 90.5 Å². The van der Waals surface area contributed by atoms with Gasteiger partial charge in [-0.3, -0.25) is 0 Å². The van der Waals surface area contributed by atoms with Crippen molar-refractivity contribution >= 4 is 11.6 Å². The third kappa shape index (κ3) is 4.45. The largest absolute Gasteiger partial charge is 0.394 e. The van der Waals surface area contributed by atoms with E-state index in [1.165, 1.54) is 30.1 Å². The molecule has 11 nitrogen and oxygen atoms in total. The predicted molar refractivity (Wildman–Crippen MR) is 132 cm³/mol. The monoisotopic (exact) mass is 566 g/mol. The number of fused-ring (bicyclic) bond motifs is 2. The van der Waals surface area contributed by atoms with Crippen LogP contribution in [0, 0.1) is 11.6 Å². The first kappa shape index (κ1) is 26.7. The van der Waals surface area contributed by atoms with E-state index in [9.17, 15) is 19.0 Å². The van der Waals surface area contributed by atoms with E-state index in [0.717, 1.165) is 19.3 Å². The summed E-state index contributed by atoms with van der Waals surface area (Å²) >= 11 is 5.67. The second kappa shape index (κ2) is 9.82. The molecule has 0 unspecified atom stereocenters. The summed E-state index contributed by atoms with van der Waals surface area (Å²) in [6, 6.07) is 1.67. The Hall–Kier alpha value is -2.55. The van der Waals surface area contributed by atoms with Gasteiger partial charge in [-0.2, -0.15) is 0 Å². The molecule has 3 aliphatic heterocycles. The summed E-state index contributed by atoms with van der Waals surface area (Å²) in [4.78, 5) is 0. The van der Waals surface area contributed by atoms with E-state index < -0.39 is 48.7 Å². The number of hydrogen-bond acceptors (Lipinski definition) is 9. The van der Waals surface area contributed by atoms with Gasteiger partial charge in [0, 0.05) is 44.7 Å². The van der Waals surface area contributed by atoms with Gasteiger partial charge in [0.15, 0.2) is 11.6 Å². The van der Waals surface area contributed by atoms with E-state index in [0.29, 0.717) is 18.7 Å². The lowest BCUT2D eigenvalue weighted by atomic mass is 9.62. The van der Waals surface area contributed by atoms with Gasteiger partial charge in [-0.25, -0.2) is 18.1 Å². The quantitative estimate of drug-likeness (QED) is 0.413. The van der Waals surface area contributed by atoms with Crippen LogP contribution in [0.25, 0.3) is 11.3 Å². The Bertz CT molecular complexity index is 1360.